The van der Waals surface area contributed by atoms with Crippen LogP contribution in [0, 0.1) is 0 Å². The van der Waals surface area contributed by atoms with Gasteiger partial charge in [-0.25, -0.2) is 0 Å². The minimum absolute atomic E-state index is 0. The van der Waals surface area contributed by atoms with E-state index in [2.05, 4.69) is 0 Å². The van der Waals surface area contributed by atoms with Crippen molar-refractivity contribution in [1.82, 2.24) is 0 Å². The van der Waals surface area contributed by atoms with Crippen molar-refractivity contribution in [2.75, 3.05) is 0 Å². The Hall–Kier alpha value is 0.302. The third-order valence-electron chi connectivity index (χ3n) is 0.498. The van der Waals surface area contributed by atoms with Gasteiger partial charge in [0, 0.05) is 0 Å². The molecule has 0 saturated heterocycles. The average Bonchev–Trinajstić information content (AvgIpc) is 1.27. The first-order valence-corrected chi connectivity index (χ1v) is 2.12. The molecule has 0 aromatic rings. The minimum Gasteiger partial charge on any atom is -0.300 e. The number of carbonyl (C=O) groups is 2. The first kappa shape index (κ1) is 16.1. The lowest BCUT2D eigenvalue weighted by Gasteiger charge is -1.81. The molecule has 0 bridgehead atoms. The van der Waals surface area contributed by atoms with Gasteiger partial charge < -0.3 is 0 Å². The Morgan fingerprint density at radius 2 is 1.33 bits per heavy atom. The summed E-state index contributed by atoms with van der Waals surface area (Å²) in [4.78, 5) is 20.1. The number of hydrogen-bond acceptors (Lipinski definition) is 2. The standard InChI is InChI=1S/C5H8O2.Al.H3P.3H/c1-4(6)3-5(2)7;;;;;/h3H2,1-2H3;;1H3;;;. The molecule has 1 unspecified atom stereocenters. The third-order valence-corrected chi connectivity index (χ3v) is 0.498. The summed E-state index contributed by atoms with van der Waals surface area (Å²) in [5.41, 5.74) is 0. The molecule has 0 radical (unpaired) electrons. The summed E-state index contributed by atoms with van der Waals surface area (Å²) in [6.45, 7) is 2.81. The molecular weight excluding hydrogens is 150 g/mol. The Labute approximate surface area is 69.1 Å². The molecule has 0 N–H and O–H groups in total. The Morgan fingerprint density at radius 1 is 1.11 bits per heavy atom. The highest BCUT2D eigenvalue weighted by Crippen LogP contribution is 1.80. The van der Waals surface area contributed by atoms with Gasteiger partial charge in [0.1, 0.15) is 11.6 Å². The summed E-state index contributed by atoms with van der Waals surface area (Å²) in [6, 6.07) is 0. The summed E-state index contributed by atoms with van der Waals surface area (Å²) < 4.78 is 0. The first-order chi connectivity index (χ1) is 3.13. The Balaban J connectivity index is -0.000000180. The van der Waals surface area contributed by atoms with Gasteiger partial charge in [0.25, 0.3) is 0 Å². The van der Waals surface area contributed by atoms with Gasteiger partial charge >= 0.3 is 0 Å². The second-order valence-corrected chi connectivity index (χ2v) is 1.58. The molecule has 2 nitrogen and oxygen atoms in total. The van der Waals surface area contributed by atoms with E-state index in [4.69, 9.17) is 0 Å². The zero-order chi connectivity index (χ0) is 5.86. The molecule has 0 aliphatic heterocycles. The van der Waals surface area contributed by atoms with Gasteiger partial charge in [-0.2, -0.15) is 9.90 Å². The van der Waals surface area contributed by atoms with E-state index in [-0.39, 0.29) is 45.2 Å². The SMILES string of the molecule is CC(=O)CC(C)=O.P.[AlH3]. The van der Waals surface area contributed by atoms with Crippen molar-refractivity contribution in [3.05, 3.63) is 0 Å². The van der Waals surface area contributed by atoms with E-state index in [9.17, 15) is 9.59 Å². The van der Waals surface area contributed by atoms with Crippen LogP contribution in [0.25, 0.3) is 0 Å². The van der Waals surface area contributed by atoms with Crippen LogP contribution in [0.5, 0.6) is 0 Å². The molecular formula is C5H14AlO2P. The molecule has 0 aromatic carbocycles. The van der Waals surface area contributed by atoms with Crippen molar-refractivity contribution in [3.63, 3.8) is 0 Å². The van der Waals surface area contributed by atoms with Crippen LogP contribution in [0.2, 0.25) is 0 Å². The quantitative estimate of drug-likeness (QED) is 0.311. The molecule has 0 saturated carbocycles. The lowest BCUT2D eigenvalue weighted by Crippen LogP contribution is -1.97. The zero-order valence-electron chi connectivity index (χ0n) is 5.23. The van der Waals surface area contributed by atoms with E-state index in [1.54, 1.807) is 0 Å². The summed E-state index contributed by atoms with van der Waals surface area (Å²) in [5.74, 6) is -0.125. The van der Waals surface area contributed by atoms with Gasteiger partial charge in [0.05, 0.1) is 6.42 Å². The van der Waals surface area contributed by atoms with Gasteiger partial charge in [-0.3, -0.25) is 9.59 Å². The van der Waals surface area contributed by atoms with E-state index in [0.29, 0.717) is 0 Å². The molecule has 0 heterocycles. The van der Waals surface area contributed by atoms with Crippen LogP contribution in [0.4, 0.5) is 0 Å². The van der Waals surface area contributed by atoms with Gasteiger partial charge in [-0.05, 0) is 13.8 Å². The van der Waals surface area contributed by atoms with Crippen molar-refractivity contribution < 1.29 is 9.59 Å². The maximum absolute atomic E-state index is 10.0. The predicted octanol–water partition coefficient (Wildman–Crippen LogP) is -0.571. The van der Waals surface area contributed by atoms with E-state index in [0.717, 1.165) is 0 Å². The van der Waals surface area contributed by atoms with Crippen molar-refractivity contribution in [1.29, 1.82) is 0 Å². The summed E-state index contributed by atoms with van der Waals surface area (Å²) >= 11 is 0. The van der Waals surface area contributed by atoms with E-state index in [1.165, 1.54) is 13.8 Å². The van der Waals surface area contributed by atoms with Crippen molar-refractivity contribution in [2.45, 2.75) is 20.3 Å². The Bertz CT molecular complexity index is 91.1. The van der Waals surface area contributed by atoms with Crippen LogP contribution in [0.3, 0.4) is 0 Å². The van der Waals surface area contributed by atoms with Crippen LogP contribution < -0.4 is 0 Å². The van der Waals surface area contributed by atoms with Gasteiger partial charge in [0.2, 0.25) is 0 Å². The average molecular weight is 164 g/mol. The van der Waals surface area contributed by atoms with Crippen LogP contribution in [0.15, 0.2) is 0 Å². The van der Waals surface area contributed by atoms with Crippen LogP contribution >= 0.6 is 9.90 Å². The fourth-order valence-corrected chi connectivity index (χ4v) is 0.351. The number of rotatable bonds is 2. The normalized spacial score (nSPS) is 6.44. The first-order valence-electron chi connectivity index (χ1n) is 2.12. The highest BCUT2D eigenvalue weighted by Gasteiger charge is 1.94. The minimum atomic E-state index is -0.0625. The topological polar surface area (TPSA) is 34.1 Å². The second kappa shape index (κ2) is 8.30. The predicted molar refractivity (Wildman–Crippen MR) is 47.0 cm³/mol. The Kier molecular flexibility index (Phi) is 14.9. The monoisotopic (exact) mass is 164 g/mol. The molecule has 0 aliphatic carbocycles. The molecule has 0 fully saturated rings. The number of Topliss-reactive ketones (excluding diaryl/α,β-unsaturated/α-hetero) is 2. The van der Waals surface area contributed by atoms with Gasteiger partial charge in [-0.15, -0.1) is 0 Å². The molecule has 54 valence electrons. The summed E-state index contributed by atoms with van der Waals surface area (Å²) in [6.07, 6.45) is 0.0833. The van der Waals surface area contributed by atoms with Crippen LogP contribution in [-0.4, -0.2) is 28.9 Å². The molecule has 0 rings (SSSR count). The fraction of sp³-hybridized carbons (Fsp3) is 0.600. The number of hydrogen-bond donors (Lipinski definition) is 0. The van der Waals surface area contributed by atoms with Gasteiger partial charge in [0.15, 0.2) is 17.4 Å². The molecule has 9 heavy (non-hydrogen) atoms. The molecule has 0 aromatic heterocycles. The maximum Gasteiger partial charge on any atom is 0.187 e. The number of ketones is 2. The zero-order valence-corrected chi connectivity index (χ0v) is 6.64. The fourth-order valence-electron chi connectivity index (χ4n) is 0.351. The smallest absolute Gasteiger partial charge is 0.187 e. The van der Waals surface area contributed by atoms with E-state index in [1.807, 2.05) is 0 Å². The molecule has 1 atom stereocenters. The summed E-state index contributed by atoms with van der Waals surface area (Å²) in [5, 5.41) is 0. The molecule has 0 amide bonds. The van der Waals surface area contributed by atoms with E-state index < -0.39 is 0 Å². The summed E-state index contributed by atoms with van der Waals surface area (Å²) in [7, 11) is 0. The largest absolute Gasteiger partial charge is 0.300 e. The maximum atomic E-state index is 10.0. The Morgan fingerprint density at radius 3 is 1.33 bits per heavy atom. The van der Waals surface area contributed by atoms with Crippen LogP contribution in [-0.2, 0) is 9.59 Å². The van der Waals surface area contributed by atoms with Crippen molar-refractivity contribution in [2.24, 2.45) is 0 Å². The van der Waals surface area contributed by atoms with E-state index >= 15 is 0 Å². The molecule has 4 heteroatoms. The molecule has 0 aliphatic rings. The van der Waals surface area contributed by atoms with Crippen molar-refractivity contribution in [3.8, 4) is 0 Å². The van der Waals surface area contributed by atoms with Gasteiger partial charge in [-0.1, -0.05) is 0 Å². The third kappa shape index (κ3) is 17.8. The number of carbonyl (C=O) groups excluding carboxylic acids is 2. The van der Waals surface area contributed by atoms with Crippen LogP contribution in [0.1, 0.15) is 20.3 Å². The molecule has 0 spiro atoms. The second-order valence-electron chi connectivity index (χ2n) is 1.58. The lowest BCUT2D eigenvalue weighted by molar-refractivity contribution is -0.124. The van der Waals surface area contributed by atoms with Crippen molar-refractivity contribution >= 4 is 38.8 Å². The highest BCUT2D eigenvalue weighted by molar-refractivity contribution is 6.92. The lowest BCUT2D eigenvalue weighted by atomic mass is 10.2. The highest BCUT2D eigenvalue weighted by atomic mass is 31.0.